The number of nitrogens with one attached hydrogen (secondary N) is 3. The van der Waals surface area contributed by atoms with Crippen molar-refractivity contribution < 1.29 is 24.2 Å². The van der Waals surface area contributed by atoms with Crippen LogP contribution < -0.4 is 20.7 Å². The van der Waals surface area contributed by atoms with Gasteiger partial charge in [0.15, 0.2) is 5.65 Å². The molecule has 1 aliphatic rings. The van der Waals surface area contributed by atoms with E-state index >= 15 is 0 Å². The molecule has 4 N–H and O–H groups in total. The number of carbonyl (C=O) groups excluding carboxylic acids is 2. The number of methoxy groups -OCH3 is 1. The average molecular weight is 678 g/mol. The molecule has 5 aromatic rings. The van der Waals surface area contributed by atoms with Crippen LogP contribution in [0.25, 0.3) is 22.2 Å². The third-order valence-corrected chi connectivity index (χ3v) is 8.95. The standard InChI is InChI=1S/C38H43N7O5/c1-4-31-29(35(42-27-14-16-50-17-15-27)30-22-41-45(5-2)36(30)44-31)21-40-38(48)33-11-7-10-32(43-33)37(47)39-20-24-12-13-34(49-3)28(19-24)26-9-6-8-25(18-26)23-46/h6-13,18-19,22,27,46H,4-5,14-17,20-21,23H2,1-3H3,(H,39,47)(H,40,48)(H,42,44). The number of pyridine rings is 2. The van der Waals surface area contributed by atoms with Crippen LogP contribution in [0.3, 0.4) is 0 Å². The summed E-state index contributed by atoms with van der Waals surface area (Å²) < 4.78 is 13.0. The number of benzene rings is 2. The Morgan fingerprint density at radius 3 is 2.38 bits per heavy atom. The molecule has 0 spiro atoms. The van der Waals surface area contributed by atoms with Crippen molar-refractivity contribution in [2.45, 2.75) is 65.4 Å². The zero-order valence-corrected chi connectivity index (χ0v) is 28.7. The van der Waals surface area contributed by atoms with Gasteiger partial charge >= 0.3 is 0 Å². The van der Waals surface area contributed by atoms with Crippen LogP contribution in [0.4, 0.5) is 5.69 Å². The maximum Gasteiger partial charge on any atom is 0.270 e. The Labute approximate surface area is 291 Å². The largest absolute Gasteiger partial charge is 0.496 e. The van der Waals surface area contributed by atoms with Gasteiger partial charge in [-0.25, -0.2) is 14.6 Å². The van der Waals surface area contributed by atoms with Gasteiger partial charge in [0.05, 0.1) is 31.0 Å². The summed E-state index contributed by atoms with van der Waals surface area (Å²) in [5.74, 6) is -0.120. The molecule has 0 atom stereocenters. The van der Waals surface area contributed by atoms with E-state index in [1.165, 1.54) is 0 Å². The molecule has 1 fully saturated rings. The van der Waals surface area contributed by atoms with Gasteiger partial charge in [0, 0.05) is 55.7 Å². The van der Waals surface area contributed by atoms with E-state index in [1.54, 1.807) is 25.3 Å². The Morgan fingerprint density at radius 1 is 0.940 bits per heavy atom. The predicted octanol–water partition coefficient (Wildman–Crippen LogP) is 5.03. The van der Waals surface area contributed by atoms with Crippen molar-refractivity contribution in [3.8, 4) is 16.9 Å². The van der Waals surface area contributed by atoms with Crippen molar-refractivity contribution in [2.24, 2.45) is 0 Å². The number of aryl methyl sites for hydroxylation is 2. The molecule has 12 nitrogen and oxygen atoms in total. The number of anilines is 1. The first-order chi connectivity index (χ1) is 24.4. The Morgan fingerprint density at radius 2 is 1.68 bits per heavy atom. The molecule has 2 amide bonds. The monoisotopic (exact) mass is 677 g/mol. The first-order valence-corrected chi connectivity index (χ1v) is 17.0. The highest BCUT2D eigenvalue weighted by Gasteiger charge is 2.23. The molecule has 1 aliphatic heterocycles. The lowest BCUT2D eigenvalue weighted by molar-refractivity contribution is 0.0904. The maximum atomic E-state index is 13.5. The van der Waals surface area contributed by atoms with E-state index in [2.05, 4.69) is 33.0 Å². The van der Waals surface area contributed by atoms with Crippen LogP contribution in [0, 0.1) is 0 Å². The van der Waals surface area contributed by atoms with Crippen molar-refractivity contribution in [2.75, 3.05) is 25.6 Å². The number of aliphatic hydroxyl groups is 1. The molecular weight excluding hydrogens is 634 g/mol. The number of hydrogen-bond donors (Lipinski definition) is 4. The number of amides is 2. The summed E-state index contributed by atoms with van der Waals surface area (Å²) in [6.45, 7) is 6.58. The molecule has 0 unspecified atom stereocenters. The zero-order chi connectivity index (χ0) is 35.0. The lowest BCUT2D eigenvalue weighted by Gasteiger charge is -2.26. The van der Waals surface area contributed by atoms with Crippen LogP contribution in [0.1, 0.15) is 70.1 Å². The van der Waals surface area contributed by atoms with Crippen molar-refractivity contribution >= 4 is 28.5 Å². The average Bonchev–Trinajstić information content (AvgIpc) is 3.59. The quantitative estimate of drug-likeness (QED) is 0.135. The zero-order valence-electron chi connectivity index (χ0n) is 28.7. The van der Waals surface area contributed by atoms with E-state index in [4.69, 9.17) is 14.5 Å². The maximum absolute atomic E-state index is 13.5. The fraction of sp³-hybridized carbons (Fsp3) is 0.342. The normalized spacial score (nSPS) is 13.3. The molecular formula is C38H43N7O5. The van der Waals surface area contributed by atoms with Crippen molar-refractivity contribution in [3.63, 3.8) is 0 Å². The molecule has 50 heavy (non-hydrogen) atoms. The first kappa shape index (κ1) is 34.5. The number of hydrogen-bond acceptors (Lipinski definition) is 9. The number of ether oxygens (including phenoxy) is 2. The van der Waals surface area contributed by atoms with Gasteiger partial charge in [-0.2, -0.15) is 5.10 Å². The Hall–Kier alpha value is -5.33. The van der Waals surface area contributed by atoms with Gasteiger partial charge in [-0.3, -0.25) is 9.59 Å². The lowest BCUT2D eigenvalue weighted by atomic mass is 10.00. The van der Waals surface area contributed by atoms with Gasteiger partial charge < -0.3 is 30.5 Å². The SMILES string of the molecule is CCc1nc2c(cnn2CC)c(NC2CCOCC2)c1CNC(=O)c1cccc(C(=O)NCc2ccc(OC)c(-c3cccc(CO)c3)c2)n1. The van der Waals surface area contributed by atoms with Crippen molar-refractivity contribution in [1.82, 2.24) is 30.4 Å². The summed E-state index contributed by atoms with van der Waals surface area (Å²) >= 11 is 0. The molecule has 260 valence electrons. The summed E-state index contributed by atoms with van der Waals surface area (Å²) in [7, 11) is 1.61. The van der Waals surface area contributed by atoms with Crippen molar-refractivity contribution in [3.05, 3.63) is 101 Å². The van der Waals surface area contributed by atoms with Crippen LogP contribution >= 0.6 is 0 Å². The van der Waals surface area contributed by atoms with Gasteiger partial charge in [0.1, 0.15) is 17.1 Å². The second kappa shape index (κ2) is 15.9. The molecule has 0 saturated carbocycles. The number of aliphatic hydroxyl groups excluding tert-OH is 1. The lowest BCUT2D eigenvalue weighted by Crippen LogP contribution is -2.30. The smallest absolute Gasteiger partial charge is 0.270 e. The minimum absolute atomic E-state index is 0.0664. The van der Waals surface area contributed by atoms with Crippen LogP contribution in [-0.2, 0) is 37.4 Å². The van der Waals surface area contributed by atoms with Crippen LogP contribution in [-0.4, -0.2) is 63.0 Å². The molecule has 4 heterocycles. The minimum Gasteiger partial charge on any atom is -0.496 e. The molecule has 3 aromatic heterocycles. The van der Waals surface area contributed by atoms with E-state index in [1.807, 2.05) is 60.3 Å². The Balaban J connectivity index is 1.16. The van der Waals surface area contributed by atoms with Gasteiger partial charge in [0.25, 0.3) is 11.8 Å². The van der Waals surface area contributed by atoms with Gasteiger partial charge in [-0.15, -0.1) is 0 Å². The van der Waals surface area contributed by atoms with Gasteiger partial charge in [-0.1, -0.05) is 37.3 Å². The molecule has 1 saturated heterocycles. The predicted molar refractivity (Wildman–Crippen MR) is 191 cm³/mol. The summed E-state index contributed by atoms with van der Waals surface area (Å²) in [4.78, 5) is 36.0. The van der Waals surface area contributed by atoms with E-state index in [-0.39, 0.29) is 37.1 Å². The second-order valence-corrected chi connectivity index (χ2v) is 12.2. The number of carbonyl (C=O) groups is 2. The molecule has 0 radical (unpaired) electrons. The fourth-order valence-corrected chi connectivity index (χ4v) is 6.25. The minimum atomic E-state index is -0.405. The summed E-state index contributed by atoms with van der Waals surface area (Å²) in [6, 6.07) is 18.3. The summed E-state index contributed by atoms with van der Waals surface area (Å²) in [5.41, 5.74) is 7.19. The highest BCUT2D eigenvalue weighted by atomic mass is 16.5. The molecule has 0 bridgehead atoms. The topological polar surface area (TPSA) is 153 Å². The van der Waals surface area contributed by atoms with Crippen molar-refractivity contribution in [1.29, 1.82) is 0 Å². The molecule has 12 heteroatoms. The molecule has 6 rings (SSSR count). The third kappa shape index (κ3) is 7.61. The van der Waals surface area contributed by atoms with Gasteiger partial charge in [-0.05, 0) is 73.2 Å². The highest BCUT2D eigenvalue weighted by molar-refractivity contribution is 5.97. The number of rotatable bonds is 13. The second-order valence-electron chi connectivity index (χ2n) is 12.2. The Bertz CT molecular complexity index is 1990. The fourth-order valence-electron chi connectivity index (χ4n) is 6.25. The number of fused-ring (bicyclic) bond motifs is 1. The third-order valence-electron chi connectivity index (χ3n) is 8.95. The molecule has 0 aliphatic carbocycles. The van der Waals surface area contributed by atoms with E-state index < -0.39 is 11.8 Å². The molecule has 2 aromatic carbocycles. The Kier molecular flexibility index (Phi) is 11.0. The van der Waals surface area contributed by atoms with E-state index in [0.29, 0.717) is 31.9 Å². The van der Waals surface area contributed by atoms with Crippen LogP contribution in [0.15, 0.2) is 66.9 Å². The number of aromatic nitrogens is 4. The highest BCUT2D eigenvalue weighted by Crippen LogP contribution is 2.33. The summed E-state index contributed by atoms with van der Waals surface area (Å²) in [5, 5.41) is 24.7. The van der Waals surface area contributed by atoms with E-state index in [9.17, 15) is 14.7 Å². The first-order valence-electron chi connectivity index (χ1n) is 17.0. The summed E-state index contributed by atoms with van der Waals surface area (Å²) in [6.07, 6.45) is 4.28. The van der Waals surface area contributed by atoms with Crippen LogP contribution in [0.2, 0.25) is 0 Å². The van der Waals surface area contributed by atoms with Crippen LogP contribution in [0.5, 0.6) is 5.75 Å². The van der Waals surface area contributed by atoms with E-state index in [0.717, 1.165) is 63.1 Å². The van der Waals surface area contributed by atoms with Gasteiger partial charge in [0.2, 0.25) is 0 Å². The number of nitrogens with zero attached hydrogens (tertiary/aromatic N) is 4.